The summed E-state index contributed by atoms with van der Waals surface area (Å²) in [5.41, 5.74) is 3.65. The predicted molar refractivity (Wildman–Crippen MR) is 112 cm³/mol. The van der Waals surface area contributed by atoms with Crippen molar-refractivity contribution in [2.24, 2.45) is 5.10 Å². The van der Waals surface area contributed by atoms with Gasteiger partial charge in [-0.25, -0.2) is 13.8 Å². The minimum absolute atomic E-state index is 0.159. The summed E-state index contributed by atoms with van der Waals surface area (Å²) in [5, 5.41) is 3.69. The number of benzene rings is 2. The fourth-order valence-corrected chi connectivity index (χ4v) is 4.33. The van der Waals surface area contributed by atoms with Gasteiger partial charge in [-0.3, -0.25) is 9.59 Å². The molecule has 0 atom stereocenters. The standard InChI is InChI=1S/C21H23N3O5S/c25-20(18-4-2-1-3-5-18)16-22-23-21(26)11-8-17-6-9-19(10-7-17)30(27,28)24-12-14-29-15-13-24/h1-7,9-10,16H,8,11-15H2,(H,23,26)/b22-16+. The Morgan fingerprint density at radius 2 is 1.70 bits per heavy atom. The molecule has 9 heteroatoms. The molecule has 158 valence electrons. The number of rotatable bonds is 8. The molecule has 1 aliphatic rings. The lowest BCUT2D eigenvalue weighted by atomic mass is 10.1. The van der Waals surface area contributed by atoms with E-state index in [1.54, 1.807) is 54.6 Å². The van der Waals surface area contributed by atoms with Gasteiger partial charge in [0.2, 0.25) is 21.7 Å². The van der Waals surface area contributed by atoms with Crippen molar-refractivity contribution in [3.63, 3.8) is 0 Å². The zero-order chi connectivity index (χ0) is 21.4. The molecule has 0 radical (unpaired) electrons. The summed E-state index contributed by atoms with van der Waals surface area (Å²) < 4.78 is 31.8. The summed E-state index contributed by atoms with van der Waals surface area (Å²) in [6.45, 7) is 1.48. The maximum atomic E-state index is 12.6. The summed E-state index contributed by atoms with van der Waals surface area (Å²) in [6.07, 6.45) is 1.65. The molecule has 1 saturated heterocycles. The predicted octanol–water partition coefficient (Wildman–Crippen LogP) is 1.62. The van der Waals surface area contributed by atoms with Crippen LogP contribution in [0.5, 0.6) is 0 Å². The van der Waals surface area contributed by atoms with E-state index in [2.05, 4.69) is 10.5 Å². The van der Waals surface area contributed by atoms with Gasteiger partial charge in [-0.05, 0) is 24.1 Å². The van der Waals surface area contributed by atoms with Crippen LogP contribution < -0.4 is 5.43 Å². The van der Waals surface area contributed by atoms with Crippen molar-refractivity contribution in [2.75, 3.05) is 26.3 Å². The lowest BCUT2D eigenvalue weighted by Crippen LogP contribution is -2.40. The number of carbonyl (C=O) groups is 2. The van der Waals surface area contributed by atoms with Crippen molar-refractivity contribution in [2.45, 2.75) is 17.7 Å². The van der Waals surface area contributed by atoms with Crippen molar-refractivity contribution in [3.05, 3.63) is 65.7 Å². The van der Waals surface area contributed by atoms with Crippen molar-refractivity contribution >= 4 is 27.9 Å². The van der Waals surface area contributed by atoms with Gasteiger partial charge in [0.25, 0.3) is 0 Å². The summed E-state index contributed by atoms with van der Waals surface area (Å²) in [7, 11) is -3.53. The van der Waals surface area contributed by atoms with Gasteiger partial charge in [0.1, 0.15) is 0 Å². The molecule has 0 unspecified atom stereocenters. The van der Waals surface area contributed by atoms with Crippen LogP contribution in [0.3, 0.4) is 0 Å². The summed E-state index contributed by atoms with van der Waals surface area (Å²) in [4.78, 5) is 24.0. The van der Waals surface area contributed by atoms with Gasteiger partial charge >= 0.3 is 0 Å². The minimum atomic E-state index is -3.53. The Morgan fingerprint density at radius 1 is 1.03 bits per heavy atom. The fraction of sp³-hybridized carbons (Fsp3) is 0.286. The van der Waals surface area contributed by atoms with E-state index in [0.717, 1.165) is 11.8 Å². The van der Waals surface area contributed by atoms with Crippen LogP contribution in [0.1, 0.15) is 22.3 Å². The molecule has 0 bridgehead atoms. The van der Waals surface area contributed by atoms with Crippen LogP contribution in [0.2, 0.25) is 0 Å². The molecule has 2 aromatic rings. The molecule has 1 amide bonds. The topological polar surface area (TPSA) is 105 Å². The highest BCUT2D eigenvalue weighted by Crippen LogP contribution is 2.18. The molecule has 8 nitrogen and oxygen atoms in total. The van der Waals surface area contributed by atoms with E-state index in [1.807, 2.05) is 0 Å². The third kappa shape index (κ3) is 5.82. The molecule has 1 N–H and O–H groups in total. The molecular weight excluding hydrogens is 406 g/mol. The molecule has 0 saturated carbocycles. The van der Waals surface area contributed by atoms with Gasteiger partial charge in [0.05, 0.1) is 24.3 Å². The molecule has 1 fully saturated rings. The highest BCUT2D eigenvalue weighted by atomic mass is 32.2. The van der Waals surface area contributed by atoms with E-state index >= 15 is 0 Å². The fourth-order valence-electron chi connectivity index (χ4n) is 2.92. The van der Waals surface area contributed by atoms with Gasteiger partial charge in [0, 0.05) is 25.1 Å². The number of hydrazone groups is 1. The Hall–Kier alpha value is -2.88. The first kappa shape index (κ1) is 21.8. The van der Waals surface area contributed by atoms with Gasteiger partial charge in [-0.15, -0.1) is 0 Å². The Balaban J connectivity index is 1.48. The number of amides is 1. The Labute approximate surface area is 175 Å². The molecule has 0 spiro atoms. The lowest BCUT2D eigenvalue weighted by molar-refractivity contribution is -0.121. The highest BCUT2D eigenvalue weighted by molar-refractivity contribution is 7.89. The second kappa shape index (κ2) is 10.2. The molecular formula is C21H23N3O5S. The molecule has 0 aromatic heterocycles. The van der Waals surface area contributed by atoms with Crippen LogP contribution in [0.15, 0.2) is 64.6 Å². The Kier molecular flexibility index (Phi) is 7.45. The van der Waals surface area contributed by atoms with E-state index in [9.17, 15) is 18.0 Å². The zero-order valence-electron chi connectivity index (χ0n) is 16.4. The number of nitrogens with zero attached hydrogens (tertiary/aromatic N) is 2. The number of hydrogen-bond acceptors (Lipinski definition) is 6. The highest BCUT2D eigenvalue weighted by Gasteiger charge is 2.26. The largest absolute Gasteiger partial charge is 0.379 e. The van der Waals surface area contributed by atoms with Gasteiger partial charge in [0.15, 0.2) is 0 Å². The monoisotopic (exact) mass is 429 g/mol. The number of morpholine rings is 1. The molecule has 3 rings (SSSR count). The van der Waals surface area contributed by atoms with Crippen LogP contribution in [-0.4, -0.2) is 56.9 Å². The number of ether oxygens (including phenoxy) is 1. The number of carbonyl (C=O) groups excluding carboxylic acids is 2. The average molecular weight is 429 g/mol. The lowest BCUT2D eigenvalue weighted by Gasteiger charge is -2.26. The van der Waals surface area contributed by atoms with Crippen LogP contribution in [0, 0.1) is 0 Å². The first-order chi connectivity index (χ1) is 14.5. The number of aryl methyl sites for hydroxylation is 1. The average Bonchev–Trinajstić information content (AvgIpc) is 2.79. The number of nitrogens with one attached hydrogen (secondary N) is 1. The summed E-state index contributed by atoms with van der Waals surface area (Å²) in [5.74, 6) is -0.634. The summed E-state index contributed by atoms with van der Waals surface area (Å²) >= 11 is 0. The Bertz CT molecular complexity index is 999. The van der Waals surface area contributed by atoms with E-state index < -0.39 is 10.0 Å². The minimum Gasteiger partial charge on any atom is -0.379 e. The third-order valence-electron chi connectivity index (χ3n) is 4.60. The maximum absolute atomic E-state index is 12.6. The second-order valence-corrected chi connectivity index (χ2v) is 8.62. The molecule has 1 heterocycles. The van der Waals surface area contributed by atoms with Crippen LogP contribution in [0.25, 0.3) is 0 Å². The first-order valence-electron chi connectivity index (χ1n) is 9.55. The van der Waals surface area contributed by atoms with E-state index in [1.165, 1.54) is 4.31 Å². The van der Waals surface area contributed by atoms with Crippen LogP contribution >= 0.6 is 0 Å². The number of ketones is 1. The summed E-state index contributed by atoms with van der Waals surface area (Å²) in [6, 6.07) is 15.1. The van der Waals surface area contributed by atoms with Crippen molar-refractivity contribution < 1.29 is 22.7 Å². The van der Waals surface area contributed by atoms with E-state index in [-0.39, 0.29) is 23.0 Å². The SMILES string of the molecule is O=C(CCc1ccc(S(=O)(=O)N2CCOCC2)cc1)N/N=C/C(=O)c1ccccc1. The molecule has 2 aromatic carbocycles. The maximum Gasteiger partial charge on any atom is 0.243 e. The smallest absolute Gasteiger partial charge is 0.243 e. The number of Topliss-reactive ketones (excluding diaryl/α,β-unsaturated/α-hetero) is 1. The van der Waals surface area contributed by atoms with Gasteiger partial charge < -0.3 is 4.74 Å². The van der Waals surface area contributed by atoms with Crippen molar-refractivity contribution in [1.29, 1.82) is 0 Å². The van der Waals surface area contributed by atoms with Gasteiger partial charge in [-0.1, -0.05) is 42.5 Å². The van der Waals surface area contributed by atoms with Gasteiger partial charge in [-0.2, -0.15) is 9.41 Å². The normalized spacial score (nSPS) is 15.2. The van der Waals surface area contributed by atoms with Crippen molar-refractivity contribution in [3.8, 4) is 0 Å². The molecule has 1 aliphatic heterocycles. The third-order valence-corrected chi connectivity index (χ3v) is 6.51. The second-order valence-electron chi connectivity index (χ2n) is 6.68. The van der Waals surface area contributed by atoms with E-state index in [0.29, 0.717) is 38.3 Å². The van der Waals surface area contributed by atoms with Crippen molar-refractivity contribution in [1.82, 2.24) is 9.73 Å². The first-order valence-corrected chi connectivity index (χ1v) is 11.0. The zero-order valence-corrected chi connectivity index (χ0v) is 17.2. The Morgan fingerprint density at radius 3 is 2.37 bits per heavy atom. The van der Waals surface area contributed by atoms with E-state index in [4.69, 9.17) is 4.74 Å². The van der Waals surface area contributed by atoms with Crippen LogP contribution in [-0.2, 0) is 26.0 Å². The molecule has 30 heavy (non-hydrogen) atoms. The number of hydrogen-bond donors (Lipinski definition) is 1. The quantitative estimate of drug-likeness (QED) is 0.390. The number of sulfonamides is 1. The molecule has 0 aliphatic carbocycles. The van der Waals surface area contributed by atoms with Crippen LogP contribution in [0.4, 0.5) is 0 Å².